The molecule has 2 aromatic heterocycles. The normalized spacial score (nSPS) is 10.3. The van der Waals surface area contributed by atoms with Crippen LogP contribution in [0.25, 0.3) is 0 Å². The first-order valence-electron chi connectivity index (χ1n) is 8.22. The molecule has 132 valence electrons. The van der Waals surface area contributed by atoms with Crippen molar-refractivity contribution in [3.05, 3.63) is 72.2 Å². The Balaban J connectivity index is 1.54. The Morgan fingerprint density at radius 2 is 1.96 bits per heavy atom. The third-order valence-corrected chi connectivity index (χ3v) is 3.73. The Bertz CT molecular complexity index is 905. The number of hydrogen-bond acceptors (Lipinski definition) is 4. The number of urea groups is 1. The monoisotopic (exact) mass is 349 g/mol. The second-order valence-corrected chi connectivity index (χ2v) is 5.75. The maximum absolute atomic E-state index is 12.1. The molecule has 0 bridgehead atoms. The molecule has 7 nitrogen and oxygen atoms in total. The molecule has 7 heteroatoms. The Morgan fingerprint density at radius 3 is 2.73 bits per heavy atom. The fourth-order valence-electron chi connectivity index (χ4n) is 2.42. The fraction of sp³-hybridized carbons (Fsp3) is 0.158. The van der Waals surface area contributed by atoms with Crippen molar-refractivity contribution >= 4 is 23.3 Å². The average molecular weight is 349 g/mol. The molecule has 1 aromatic carbocycles. The van der Waals surface area contributed by atoms with Crippen LogP contribution in [0.15, 0.2) is 60.9 Å². The van der Waals surface area contributed by atoms with Crippen molar-refractivity contribution in [2.24, 2.45) is 0 Å². The van der Waals surface area contributed by atoms with Crippen molar-refractivity contribution < 1.29 is 9.59 Å². The van der Waals surface area contributed by atoms with Gasteiger partial charge in [-0.2, -0.15) is 5.10 Å². The molecule has 0 saturated carbocycles. The van der Waals surface area contributed by atoms with Crippen LogP contribution in [0.1, 0.15) is 23.0 Å². The summed E-state index contributed by atoms with van der Waals surface area (Å²) in [5, 5.41) is 9.68. The van der Waals surface area contributed by atoms with Gasteiger partial charge in [-0.25, -0.2) is 4.79 Å². The molecule has 0 fully saturated rings. The van der Waals surface area contributed by atoms with Gasteiger partial charge in [0.25, 0.3) is 0 Å². The number of anilines is 2. The lowest BCUT2D eigenvalue weighted by atomic mass is 10.1. The van der Waals surface area contributed by atoms with Crippen LogP contribution >= 0.6 is 0 Å². The van der Waals surface area contributed by atoms with E-state index in [0.29, 0.717) is 23.6 Å². The predicted molar refractivity (Wildman–Crippen MR) is 99.3 cm³/mol. The molecule has 0 radical (unpaired) electrons. The first-order valence-corrected chi connectivity index (χ1v) is 8.22. The van der Waals surface area contributed by atoms with Gasteiger partial charge in [-0.15, -0.1) is 0 Å². The van der Waals surface area contributed by atoms with Crippen molar-refractivity contribution in [3.63, 3.8) is 0 Å². The number of Topliss-reactive ketones (excluding diaryl/α,β-unsaturated/α-hetero) is 1. The van der Waals surface area contributed by atoms with Crippen LogP contribution in [0.2, 0.25) is 0 Å². The molecule has 26 heavy (non-hydrogen) atoms. The first kappa shape index (κ1) is 17.3. The number of aryl methyl sites for hydroxylation is 2. The number of amides is 2. The average Bonchev–Trinajstić information content (AvgIpc) is 3.08. The fourth-order valence-corrected chi connectivity index (χ4v) is 2.42. The molecule has 0 unspecified atom stereocenters. The van der Waals surface area contributed by atoms with Crippen molar-refractivity contribution in [3.8, 4) is 0 Å². The van der Waals surface area contributed by atoms with Gasteiger partial charge in [-0.1, -0.05) is 18.2 Å². The van der Waals surface area contributed by atoms with E-state index in [1.165, 1.54) is 6.92 Å². The number of hydrogen-bond donors (Lipinski definition) is 2. The van der Waals surface area contributed by atoms with Gasteiger partial charge in [0.05, 0.1) is 0 Å². The first-order chi connectivity index (χ1) is 12.6. The summed E-state index contributed by atoms with van der Waals surface area (Å²) in [7, 11) is 0. The summed E-state index contributed by atoms with van der Waals surface area (Å²) in [6.45, 7) is 2.15. The molecule has 0 aliphatic carbocycles. The van der Waals surface area contributed by atoms with E-state index in [2.05, 4.69) is 20.7 Å². The Labute approximate surface area is 151 Å². The van der Waals surface area contributed by atoms with Gasteiger partial charge in [0.2, 0.25) is 0 Å². The molecule has 2 heterocycles. The molecule has 0 aliphatic heterocycles. The van der Waals surface area contributed by atoms with Gasteiger partial charge >= 0.3 is 6.03 Å². The van der Waals surface area contributed by atoms with Gasteiger partial charge in [0, 0.05) is 48.4 Å². The maximum Gasteiger partial charge on any atom is 0.324 e. The number of pyridine rings is 1. The highest BCUT2D eigenvalue weighted by Crippen LogP contribution is 2.12. The summed E-state index contributed by atoms with van der Waals surface area (Å²) in [6, 6.07) is 13.9. The van der Waals surface area contributed by atoms with Crippen LogP contribution in [0, 0.1) is 0 Å². The number of carbonyl (C=O) groups excluding carboxylic acids is 2. The van der Waals surface area contributed by atoms with Crippen LogP contribution in [-0.4, -0.2) is 26.6 Å². The largest absolute Gasteiger partial charge is 0.324 e. The van der Waals surface area contributed by atoms with Gasteiger partial charge < -0.3 is 5.32 Å². The number of carbonyl (C=O) groups is 2. The Kier molecular flexibility index (Phi) is 5.38. The van der Waals surface area contributed by atoms with Crippen molar-refractivity contribution in [1.29, 1.82) is 0 Å². The third-order valence-electron chi connectivity index (χ3n) is 3.73. The van der Waals surface area contributed by atoms with Crippen LogP contribution in [-0.2, 0) is 13.0 Å². The molecule has 0 spiro atoms. The van der Waals surface area contributed by atoms with E-state index in [4.69, 9.17) is 0 Å². The SMILES string of the molecule is CC(=O)c1cccc(NC(=O)Nc2ccn(CCc3ccccn3)n2)c1. The van der Waals surface area contributed by atoms with Crippen LogP contribution < -0.4 is 10.6 Å². The summed E-state index contributed by atoms with van der Waals surface area (Å²) in [5.74, 6) is 0.395. The quantitative estimate of drug-likeness (QED) is 0.668. The second-order valence-electron chi connectivity index (χ2n) is 5.75. The minimum Gasteiger partial charge on any atom is -0.308 e. The van der Waals surface area contributed by atoms with E-state index >= 15 is 0 Å². The summed E-state index contributed by atoms with van der Waals surface area (Å²) in [4.78, 5) is 27.8. The summed E-state index contributed by atoms with van der Waals surface area (Å²) >= 11 is 0. The number of nitrogens with one attached hydrogen (secondary N) is 2. The van der Waals surface area contributed by atoms with E-state index in [1.807, 2.05) is 18.2 Å². The van der Waals surface area contributed by atoms with Crippen molar-refractivity contribution in [1.82, 2.24) is 14.8 Å². The van der Waals surface area contributed by atoms with E-state index in [0.717, 1.165) is 12.1 Å². The Hall–Kier alpha value is -3.48. The lowest BCUT2D eigenvalue weighted by Crippen LogP contribution is -2.20. The minimum absolute atomic E-state index is 0.0549. The number of ketones is 1. The van der Waals surface area contributed by atoms with E-state index < -0.39 is 6.03 Å². The zero-order chi connectivity index (χ0) is 18.4. The van der Waals surface area contributed by atoms with Crippen molar-refractivity contribution in [2.75, 3.05) is 10.6 Å². The lowest BCUT2D eigenvalue weighted by molar-refractivity contribution is 0.101. The van der Waals surface area contributed by atoms with Gasteiger partial charge in [0.1, 0.15) is 0 Å². The van der Waals surface area contributed by atoms with E-state index in [9.17, 15) is 9.59 Å². The van der Waals surface area contributed by atoms with E-state index in [-0.39, 0.29) is 5.78 Å². The molecule has 0 atom stereocenters. The highest BCUT2D eigenvalue weighted by Gasteiger charge is 2.07. The molecule has 3 rings (SSSR count). The number of aromatic nitrogens is 3. The number of benzene rings is 1. The predicted octanol–water partition coefficient (Wildman–Crippen LogP) is 3.37. The molecule has 0 saturated heterocycles. The number of rotatable bonds is 6. The standard InChI is InChI=1S/C19H19N5O2/c1-14(25)15-5-4-7-17(13-15)21-19(26)22-18-9-12-24(23-18)11-8-16-6-2-3-10-20-16/h2-7,9-10,12-13H,8,11H2,1H3,(H2,21,22,23,26). The van der Waals surface area contributed by atoms with Gasteiger partial charge in [-0.3, -0.25) is 19.8 Å². The summed E-state index contributed by atoms with van der Waals surface area (Å²) in [6.07, 6.45) is 4.32. The zero-order valence-corrected chi connectivity index (χ0v) is 14.3. The van der Waals surface area contributed by atoms with Crippen LogP contribution in [0.3, 0.4) is 0 Å². The molecular formula is C19H19N5O2. The van der Waals surface area contributed by atoms with Crippen LogP contribution in [0.5, 0.6) is 0 Å². The summed E-state index contributed by atoms with van der Waals surface area (Å²) < 4.78 is 1.75. The topological polar surface area (TPSA) is 88.9 Å². The minimum atomic E-state index is -0.416. The summed E-state index contributed by atoms with van der Waals surface area (Å²) in [5.41, 5.74) is 2.08. The number of nitrogens with zero attached hydrogens (tertiary/aromatic N) is 3. The van der Waals surface area contributed by atoms with E-state index in [1.54, 1.807) is 47.4 Å². The van der Waals surface area contributed by atoms with Crippen LogP contribution in [0.4, 0.5) is 16.3 Å². The van der Waals surface area contributed by atoms with Crippen molar-refractivity contribution in [2.45, 2.75) is 19.9 Å². The molecule has 2 N–H and O–H groups in total. The van der Waals surface area contributed by atoms with Gasteiger partial charge in [-0.05, 0) is 31.2 Å². The molecule has 0 aliphatic rings. The van der Waals surface area contributed by atoms with Gasteiger partial charge in [0.15, 0.2) is 11.6 Å². The highest BCUT2D eigenvalue weighted by atomic mass is 16.2. The molecular weight excluding hydrogens is 330 g/mol. The highest BCUT2D eigenvalue weighted by molar-refractivity contribution is 6.00. The zero-order valence-electron chi connectivity index (χ0n) is 14.3. The molecule has 3 aromatic rings. The lowest BCUT2D eigenvalue weighted by Gasteiger charge is -2.06. The Morgan fingerprint density at radius 1 is 1.08 bits per heavy atom. The maximum atomic E-state index is 12.1. The third kappa shape index (κ3) is 4.76. The molecule has 2 amide bonds. The second kappa shape index (κ2) is 8.06. The smallest absolute Gasteiger partial charge is 0.308 e.